The van der Waals surface area contributed by atoms with Crippen LogP contribution < -0.4 is 0 Å². The van der Waals surface area contributed by atoms with Crippen LogP contribution in [0.4, 0.5) is 0 Å². The zero-order chi connectivity index (χ0) is 14.0. The lowest BCUT2D eigenvalue weighted by atomic mass is 9.73. The van der Waals surface area contributed by atoms with Crippen molar-refractivity contribution in [2.75, 3.05) is 6.61 Å². The minimum Gasteiger partial charge on any atom is -0.396 e. The molecule has 0 radical (unpaired) electrons. The van der Waals surface area contributed by atoms with Crippen molar-refractivity contribution in [2.24, 2.45) is 11.3 Å². The van der Waals surface area contributed by atoms with Gasteiger partial charge in [0.25, 0.3) is 0 Å². The number of aliphatic hydroxyl groups is 1. The molecule has 1 aliphatic carbocycles. The fourth-order valence-electron chi connectivity index (χ4n) is 3.51. The molecule has 0 aromatic heterocycles. The Labute approximate surface area is 118 Å². The topological polar surface area (TPSA) is 20.2 Å². The predicted octanol–water partition coefficient (Wildman–Crippen LogP) is 4.32. The normalized spacial score (nSPS) is 23.2. The largest absolute Gasteiger partial charge is 0.396 e. The molecule has 1 aliphatic rings. The molecule has 2 rings (SSSR count). The molecule has 106 valence electrons. The minimum atomic E-state index is 0.334. The van der Waals surface area contributed by atoms with Crippen LogP contribution in [0.25, 0.3) is 0 Å². The molecule has 19 heavy (non-hydrogen) atoms. The second-order valence-electron chi connectivity index (χ2n) is 7.27. The Kier molecular flexibility index (Phi) is 4.35. The maximum absolute atomic E-state index is 9.57. The number of benzene rings is 1. The van der Waals surface area contributed by atoms with E-state index in [-0.39, 0.29) is 0 Å². The van der Waals surface area contributed by atoms with Crippen LogP contribution in [0.5, 0.6) is 0 Å². The van der Waals surface area contributed by atoms with Crippen LogP contribution in [-0.4, -0.2) is 11.7 Å². The Hall–Kier alpha value is -0.820. The van der Waals surface area contributed by atoms with Gasteiger partial charge in [0.1, 0.15) is 0 Å². The highest BCUT2D eigenvalue weighted by Gasteiger charge is 2.28. The van der Waals surface area contributed by atoms with Crippen molar-refractivity contribution in [1.82, 2.24) is 0 Å². The van der Waals surface area contributed by atoms with Gasteiger partial charge in [0.15, 0.2) is 0 Å². The molecule has 1 nitrogen and oxygen atoms in total. The van der Waals surface area contributed by atoms with Crippen LogP contribution in [-0.2, 0) is 12.8 Å². The summed E-state index contributed by atoms with van der Waals surface area (Å²) < 4.78 is 0. The van der Waals surface area contributed by atoms with Crippen LogP contribution in [0, 0.1) is 11.3 Å². The maximum Gasteiger partial charge on any atom is 0.0465 e. The maximum atomic E-state index is 9.57. The van der Waals surface area contributed by atoms with Crippen LogP contribution in [0.3, 0.4) is 0 Å². The molecule has 0 bridgehead atoms. The molecule has 0 spiro atoms. The summed E-state index contributed by atoms with van der Waals surface area (Å²) in [7, 11) is 0. The SMILES string of the molecule is CCC1c2cc(CC(C)(C)C)ccc2CCC1CO. The van der Waals surface area contributed by atoms with E-state index in [1.807, 2.05) is 0 Å². The van der Waals surface area contributed by atoms with Crippen molar-refractivity contribution >= 4 is 0 Å². The molecule has 0 heterocycles. The molecule has 0 saturated heterocycles. The number of rotatable bonds is 3. The van der Waals surface area contributed by atoms with Gasteiger partial charge in [-0.25, -0.2) is 0 Å². The highest BCUT2D eigenvalue weighted by atomic mass is 16.3. The first kappa shape index (κ1) is 14.6. The fourth-order valence-corrected chi connectivity index (χ4v) is 3.51. The first-order valence-electron chi connectivity index (χ1n) is 7.67. The van der Waals surface area contributed by atoms with E-state index in [4.69, 9.17) is 0 Å². The van der Waals surface area contributed by atoms with Gasteiger partial charge in [-0.3, -0.25) is 0 Å². The fraction of sp³-hybridized carbons (Fsp3) is 0.667. The van der Waals surface area contributed by atoms with Gasteiger partial charge >= 0.3 is 0 Å². The van der Waals surface area contributed by atoms with Crippen molar-refractivity contribution in [1.29, 1.82) is 0 Å². The first-order chi connectivity index (χ1) is 8.94. The summed E-state index contributed by atoms with van der Waals surface area (Å²) in [5.41, 5.74) is 4.80. The molecule has 0 amide bonds. The standard InChI is InChI=1S/C18H28O/c1-5-16-15(12-19)9-8-14-7-6-13(10-17(14)16)11-18(2,3)4/h6-7,10,15-16,19H,5,8-9,11-12H2,1-4H3. The van der Waals surface area contributed by atoms with E-state index in [0.29, 0.717) is 23.9 Å². The molecule has 2 atom stereocenters. The molecular weight excluding hydrogens is 232 g/mol. The number of fused-ring (bicyclic) bond motifs is 1. The summed E-state index contributed by atoms with van der Waals surface area (Å²) in [6, 6.07) is 7.04. The van der Waals surface area contributed by atoms with Crippen molar-refractivity contribution in [3.05, 3.63) is 34.9 Å². The van der Waals surface area contributed by atoms with Crippen LogP contribution in [0.1, 0.15) is 63.1 Å². The molecule has 0 saturated carbocycles. The smallest absolute Gasteiger partial charge is 0.0465 e. The van der Waals surface area contributed by atoms with E-state index in [9.17, 15) is 5.11 Å². The third-order valence-electron chi connectivity index (χ3n) is 4.37. The predicted molar refractivity (Wildman–Crippen MR) is 81.5 cm³/mol. The highest BCUT2D eigenvalue weighted by Crippen LogP contribution is 2.39. The van der Waals surface area contributed by atoms with Gasteiger partial charge in [0.05, 0.1) is 0 Å². The van der Waals surface area contributed by atoms with Gasteiger partial charge < -0.3 is 5.11 Å². The van der Waals surface area contributed by atoms with Crippen LogP contribution in [0.2, 0.25) is 0 Å². The molecule has 1 heteroatoms. The Morgan fingerprint density at radius 3 is 2.58 bits per heavy atom. The summed E-state index contributed by atoms with van der Waals surface area (Å²) in [4.78, 5) is 0. The monoisotopic (exact) mass is 260 g/mol. The molecule has 1 aromatic carbocycles. The van der Waals surface area contributed by atoms with Crippen molar-refractivity contribution in [3.63, 3.8) is 0 Å². The third kappa shape index (κ3) is 3.39. The summed E-state index contributed by atoms with van der Waals surface area (Å²) in [6.07, 6.45) is 4.53. The Morgan fingerprint density at radius 1 is 1.26 bits per heavy atom. The third-order valence-corrected chi connectivity index (χ3v) is 4.37. The van der Waals surface area contributed by atoms with Gasteiger partial charge in [0, 0.05) is 6.61 Å². The number of hydrogen-bond acceptors (Lipinski definition) is 1. The quantitative estimate of drug-likeness (QED) is 0.858. The Balaban J connectivity index is 2.31. The lowest BCUT2D eigenvalue weighted by Crippen LogP contribution is -2.23. The summed E-state index contributed by atoms with van der Waals surface area (Å²) in [6.45, 7) is 9.46. The van der Waals surface area contributed by atoms with Gasteiger partial charge in [-0.1, -0.05) is 45.9 Å². The zero-order valence-electron chi connectivity index (χ0n) is 12.9. The average Bonchev–Trinajstić information content (AvgIpc) is 2.35. The number of aryl methyl sites for hydroxylation is 1. The molecular formula is C18H28O. The summed E-state index contributed by atoms with van der Waals surface area (Å²) in [5, 5.41) is 9.57. The molecule has 2 unspecified atom stereocenters. The van der Waals surface area contributed by atoms with E-state index in [0.717, 1.165) is 25.7 Å². The minimum absolute atomic E-state index is 0.334. The average molecular weight is 260 g/mol. The second-order valence-corrected chi connectivity index (χ2v) is 7.27. The molecule has 1 N–H and O–H groups in total. The van der Waals surface area contributed by atoms with Gasteiger partial charge in [-0.2, -0.15) is 0 Å². The van der Waals surface area contributed by atoms with E-state index < -0.39 is 0 Å². The number of aliphatic hydroxyl groups excluding tert-OH is 1. The van der Waals surface area contributed by atoms with Crippen molar-refractivity contribution in [3.8, 4) is 0 Å². The van der Waals surface area contributed by atoms with Gasteiger partial charge in [-0.15, -0.1) is 0 Å². The number of hydrogen-bond donors (Lipinski definition) is 1. The first-order valence-corrected chi connectivity index (χ1v) is 7.67. The molecule has 0 aliphatic heterocycles. The van der Waals surface area contributed by atoms with E-state index in [2.05, 4.69) is 45.9 Å². The van der Waals surface area contributed by atoms with Crippen LogP contribution >= 0.6 is 0 Å². The summed E-state index contributed by atoms with van der Waals surface area (Å²) >= 11 is 0. The Bertz CT molecular complexity index is 428. The van der Waals surface area contributed by atoms with E-state index in [1.54, 1.807) is 0 Å². The summed E-state index contributed by atoms with van der Waals surface area (Å²) in [5.74, 6) is 1.01. The van der Waals surface area contributed by atoms with Crippen molar-refractivity contribution in [2.45, 2.75) is 59.3 Å². The molecule has 1 aromatic rings. The molecule has 0 fully saturated rings. The van der Waals surface area contributed by atoms with Crippen LogP contribution in [0.15, 0.2) is 18.2 Å². The Morgan fingerprint density at radius 2 is 2.00 bits per heavy atom. The highest BCUT2D eigenvalue weighted by molar-refractivity contribution is 5.37. The van der Waals surface area contributed by atoms with Gasteiger partial charge in [0.2, 0.25) is 0 Å². The zero-order valence-corrected chi connectivity index (χ0v) is 12.9. The lowest BCUT2D eigenvalue weighted by molar-refractivity contribution is 0.186. The lowest BCUT2D eigenvalue weighted by Gasteiger charge is -2.33. The van der Waals surface area contributed by atoms with E-state index in [1.165, 1.54) is 16.7 Å². The van der Waals surface area contributed by atoms with E-state index >= 15 is 0 Å². The van der Waals surface area contributed by atoms with Crippen molar-refractivity contribution < 1.29 is 5.11 Å². The van der Waals surface area contributed by atoms with Gasteiger partial charge in [-0.05, 0) is 59.6 Å². The second kappa shape index (κ2) is 5.66.